The first-order valence-electron chi connectivity index (χ1n) is 13.7. The Hall–Kier alpha value is -0.530. The first-order valence-corrected chi connectivity index (χ1v) is 13.7. The summed E-state index contributed by atoms with van der Waals surface area (Å²) in [6, 6.07) is 0. The van der Waals surface area contributed by atoms with E-state index < -0.39 is 0 Å². The van der Waals surface area contributed by atoms with Crippen LogP contribution in [-0.4, -0.2) is 11.6 Å². The van der Waals surface area contributed by atoms with E-state index in [0.29, 0.717) is 6.42 Å². The molecule has 0 saturated heterocycles. The molecule has 0 aliphatic carbocycles. The lowest BCUT2D eigenvalue weighted by atomic mass is 10.0. The lowest BCUT2D eigenvalue weighted by molar-refractivity contribution is -0.154. The third-order valence-electron chi connectivity index (χ3n) is 5.90. The molecule has 30 heavy (non-hydrogen) atoms. The Balaban J connectivity index is 3.11. The van der Waals surface area contributed by atoms with Crippen molar-refractivity contribution < 1.29 is 9.53 Å². The molecule has 0 amide bonds. The predicted octanol–water partition coefficient (Wildman–Crippen LogP) is 9.93. The molecule has 180 valence electrons. The van der Waals surface area contributed by atoms with E-state index in [1.54, 1.807) is 0 Å². The van der Waals surface area contributed by atoms with Crippen LogP contribution in [0.3, 0.4) is 0 Å². The number of esters is 1. The molecular formula is C28H56O2. The van der Waals surface area contributed by atoms with Crippen LogP contribution in [-0.2, 0) is 9.53 Å². The van der Waals surface area contributed by atoms with Gasteiger partial charge in [0.1, 0.15) is 5.60 Å². The first-order chi connectivity index (χ1) is 14.5. The number of hydrogen-bond acceptors (Lipinski definition) is 2. The van der Waals surface area contributed by atoms with Crippen molar-refractivity contribution in [2.24, 2.45) is 0 Å². The molecule has 0 heterocycles. The minimum absolute atomic E-state index is 0.0414. The Morgan fingerprint density at radius 1 is 0.500 bits per heavy atom. The fraction of sp³-hybridized carbons (Fsp3) is 0.964. The summed E-state index contributed by atoms with van der Waals surface area (Å²) in [4.78, 5) is 11.6. The fourth-order valence-electron chi connectivity index (χ4n) is 4.09. The molecule has 0 aromatic rings. The highest BCUT2D eigenvalue weighted by molar-refractivity contribution is 5.69. The van der Waals surface area contributed by atoms with Crippen molar-refractivity contribution >= 4 is 5.97 Å². The van der Waals surface area contributed by atoms with E-state index >= 15 is 0 Å². The summed E-state index contributed by atoms with van der Waals surface area (Å²) in [6.45, 7) is 8.09. The van der Waals surface area contributed by atoms with Crippen LogP contribution in [0, 0.1) is 0 Å². The van der Waals surface area contributed by atoms with Gasteiger partial charge in [0.15, 0.2) is 0 Å². The highest BCUT2D eigenvalue weighted by Crippen LogP contribution is 2.16. The number of unbranched alkanes of at least 4 members (excludes halogenated alkanes) is 20. The Labute approximate surface area is 190 Å². The molecule has 0 fully saturated rings. The zero-order chi connectivity index (χ0) is 22.3. The first kappa shape index (κ1) is 29.5. The largest absolute Gasteiger partial charge is 0.460 e. The third-order valence-corrected chi connectivity index (χ3v) is 5.90. The normalized spacial score (nSPS) is 11.7. The molecule has 0 rings (SSSR count). The molecule has 0 aromatic heterocycles. The van der Waals surface area contributed by atoms with E-state index in [0.717, 1.165) is 12.8 Å². The predicted molar refractivity (Wildman–Crippen MR) is 133 cm³/mol. The molecule has 0 spiro atoms. The fourth-order valence-corrected chi connectivity index (χ4v) is 4.09. The second kappa shape index (κ2) is 21.7. The van der Waals surface area contributed by atoms with Crippen LogP contribution in [0.1, 0.15) is 169 Å². The van der Waals surface area contributed by atoms with Crippen molar-refractivity contribution in [3.05, 3.63) is 0 Å². The van der Waals surface area contributed by atoms with Crippen LogP contribution in [0.2, 0.25) is 0 Å². The van der Waals surface area contributed by atoms with Gasteiger partial charge in [-0.1, -0.05) is 135 Å². The van der Waals surface area contributed by atoms with Gasteiger partial charge in [0, 0.05) is 6.42 Å². The molecule has 0 saturated carbocycles. The summed E-state index contributed by atoms with van der Waals surface area (Å²) in [6.07, 6.45) is 29.7. The second-order valence-corrected chi connectivity index (χ2v) is 10.4. The average Bonchev–Trinajstić information content (AvgIpc) is 2.68. The van der Waals surface area contributed by atoms with E-state index in [2.05, 4.69) is 6.92 Å². The lowest BCUT2D eigenvalue weighted by Crippen LogP contribution is -2.23. The maximum absolute atomic E-state index is 11.6. The lowest BCUT2D eigenvalue weighted by Gasteiger charge is -2.19. The standard InChI is InChI=1S/C28H56O2/c1-5-6-7-8-9-10-11-12-13-14-15-16-17-18-19-20-21-22-23-24-25-26-27(29)30-28(2,3)4/h5-26H2,1-4H3. The van der Waals surface area contributed by atoms with Gasteiger partial charge in [-0.3, -0.25) is 4.79 Å². The monoisotopic (exact) mass is 424 g/mol. The summed E-state index contributed by atoms with van der Waals surface area (Å²) < 4.78 is 5.34. The van der Waals surface area contributed by atoms with Crippen LogP contribution in [0.15, 0.2) is 0 Å². The summed E-state index contributed by atoms with van der Waals surface area (Å²) in [7, 11) is 0. The Kier molecular flexibility index (Phi) is 21.3. The Morgan fingerprint density at radius 3 is 1.03 bits per heavy atom. The molecule has 0 aromatic carbocycles. The van der Waals surface area contributed by atoms with Gasteiger partial charge in [0.2, 0.25) is 0 Å². The molecular weight excluding hydrogens is 368 g/mol. The number of carbonyl (C=O) groups is 1. The molecule has 0 aliphatic heterocycles. The van der Waals surface area contributed by atoms with Crippen molar-refractivity contribution in [2.75, 3.05) is 0 Å². The molecule has 0 atom stereocenters. The zero-order valence-corrected chi connectivity index (χ0v) is 21.4. The topological polar surface area (TPSA) is 26.3 Å². The molecule has 0 radical (unpaired) electrons. The van der Waals surface area contributed by atoms with Crippen molar-refractivity contribution in [3.63, 3.8) is 0 Å². The maximum Gasteiger partial charge on any atom is 0.306 e. The van der Waals surface area contributed by atoms with E-state index in [-0.39, 0.29) is 11.6 Å². The van der Waals surface area contributed by atoms with Gasteiger partial charge in [-0.25, -0.2) is 0 Å². The molecule has 0 aliphatic rings. The van der Waals surface area contributed by atoms with Gasteiger partial charge in [-0.2, -0.15) is 0 Å². The number of carbonyl (C=O) groups excluding carboxylic acids is 1. The van der Waals surface area contributed by atoms with Gasteiger partial charge < -0.3 is 4.74 Å². The van der Waals surface area contributed by atoms with Crippen LogP contribution in [0.25, 0.3) is 0 Å². The van der Waals surface area contributed by atoms with Gasteiger partial charge in [0.25, 0.3) is 0 Å². The van der Waals surface area contributed by atoms with Crippen LogP contribution >= 0.6 is 0 Å². The van der Waals surface area contributed by atoms with Crippen molar-refractivity contribution in [1.82, 2.24) is 0 Å². The maximum atomic E-state index is 11.6. The van der Waals surface area contributed by atoms with Gasteiger partial charge in [-0.05, 0) is 27.2 Å². The zero-order valence-electron chi connectivity index (χ0n) is 21.4. The Morgan fingerprint density at radius 2 is 0.767 bits per heavy atom. The van der Waals surface area contributed by atoms with Crippen LogP contribution in [0.4, 0.5) is 0 Å². The van der Waals surface area contributed by atoms with Crippen molar-refractivity contribution in [1.29, 1.82) is 0 Å². The van der Waals surface area contributed by atoms with Gasteiger partial charge >= 0.3 is 5.97 Å². The molecule has 0 N–H and O–H groups in total. The third kappa shape index (κ3) is 25.5. The van der Waals surface area contributed by atoms with E-state index in [4.69, 9.17) is 4.74 Å². The van der Waals surface area contributed by atoms with E-state index in [1.807, 2.05) is 20.8 Å². The Bertz CT molecular complexity index is 356. The number of hydrogen-bond donors (Lipinski definition) is 0. The minimum Gasteiger partial charge on any atom is -0.460 e. The summed E-state index contributed by atoms with van der Waals surface area (Å²) >= 11 is 0. The summed E-state index contributed by atoms with van der Waals surface area (Å²) in [5.41, 5.74) is -0.343. The minimum atomic E-state index is -0.343. The highest BCUT2D eigenvalue weighted by atomic mass is 16.6. The molecule has 2 nitrogen and oxygen atoms in total. The average molecular weight is 425 g/mol. The smallest absolute Gasteiger partial charge is 0.306 e. The summed E-state index contributed by atoms with van der Waals surface area (Å²) in [5, 5.41) is 0. The number of ether oxygens (including phenoxy) is 1. The molecule has 2 heteroatoms. The SMILES string of the molecule is CCCCCCCCCCCCCCCCCCCCCCCC(=O)OC(C)(C)C. The number of rotatable bonds is 22. The van der Waals surface area contributed by atoms with Crippen molar-refractivity contribution in [2.45, 2.75) is 175 Å². The van der Waals surface area contributed by atoms with E-state index in [1.165, 1.54) is 122 Å². The molecule has 0 unspecified atom stereocenters. The summed E-state index contributed by atoms with van der Waals surface area (Å²) in [5.74, 6) is -0.0414. The van der Waals surface area contributed by atoms with Gasteiger partial charge in [-0.15, -0.1) is 0 Å². The molecule has 0 bridgehead atoms. The second-order valence-electron chi connectivity index (χ2n) is 10.4. The quantitative estimate of drug-likeness (QED) is 0.128. The van der Waals surface area contributed by atoms with E-state index in [9.17, 15) is 4.79 Å². The van der Waals surface area contributed by atoms with Crippen molar-refractivity contribution in [3.8, 4) is 0 Å². The van der Waals surface area contributed by atoms with Crippen LogP contribution < -0.4 is 0 Å². The highest BCUT2D eigenvalue weighted by Gasteiger charge is 2.15. The van der Waals surface area contributed by atoms with Gasteiger partial charge in [0.05, 0.1) is 0 Å². The van der Waals surface area contributed by atoms with Crippen LogP contribution in [0.5, 0.6) is 0 Å².